The molecule has 1 aromatic carbocycles. The van der Waals surface area contributed by atoms with Crippen LogP contribution in [-0.4, -0.2) is 35.4 Å². The van der Waals surface area contributed by atoms with E-state index in [2.05, 4.69) is 25.5 Å². The smallest absolute Gasteiger partial charge is 0.258 e. The number of benzene rings is 1. The number of nitrogens with one attached hydrogen (secondary N) is 1. The van der Waals surface area contributed by atoms with Gasteiger partial charge in [-0.05, 0) is 30.3 Å². The van der Waals surface area contributed by atoms with Crippen LogP contribution < -0.4 is 5.32 Å². The van der Waals surface area contributed by atoms with E-state index in [0.717, 1.165) is 5.69 Å². The van der Waals surface area contributed by atoms with Crippen molar-refractivity contribution in [3.05, 3.63) is 78.2 Å². The number of aromatic nitrogens is 6. The van der Waals surface area contributed by atoms with E-state index < -0.39 is 0 Å². The number of carbonyl (C=O) groups is 1. The Kier molecular flexibility index (Phi) is 4.16. The van der Waals surface area contributed by atoms with E-state index in [1.54, 1.807) is 41.3 Å². The lowest BCUT2D eigenvalue weighted by atomic mass is 10.3. The molecule has 4 rings (SSSR count). The molecule has 0 saturated carbocycles. The Bertz CT molecular complexity index is 1060. The molecule has 0 fully saturated rings. The number of halogens is 1. The maximum absolute atomic E-state index is 12.6. The first-order valence-electron chi connectivity index (χ1n) is 7.63. The molecule has 9 heteroatoms. The second-order valence-corrected chi connectivity index (χ2v) is 5.76. The summed E-state index contributed by atoms with van der Waals surface area (Å²) in [6.45, 7) is 0. The van der Waals surface area contributed by atoms with Gasteiger partial charge >= 0.3 is 0 Å². The Morgan fingerprint density at radius 1 is 1.12 bits per heavy atom. The van der Waals surface area contributed by atoms with Gasteiger partial charge in [0.15, 0.2) is 5.82 Å². The predicted molar refractivity (Wildman–Crippen MR) is 95.7 cm³/mol. The summed E-state index contributed by atoms with van der Waals surface area (Å²) in [7, 11) is 0. The summed E-state index contributed by atoms with van der Waals surface area (Å²) in [6.07, 6.45) is 7.64. The van der Waals surface area contributed by atoms with Gasteiger partial charge in [0.25, 0.3) is 5.91 Å². The van der Waals surface area contributed by atoms with Gasteiger partial charge in [0, 0.05) is 17.4 Å². The van der Waals surface area contributed by atoms with Crippen molar-refractivity contribution in [2.75, 3.05) is 5.32 Å². The molecule has 26 heavy (non-hydrogen) atoms. The number of anilines is 1. The van der Waals surface area contributed by atoms with Crippen LogP contribution in [0, 0.1) is 0 Å². The molecule has 1 N–H and O–H groups in total. The van der Waals surface area contributed by atoms with Crippen LogP contribution in [0.4, 0.5) is 5.69 Å². The van der Waals surface area contributed by atoms with E-state index in [0.29, 0.717) is 22.1 Å². The fraction of sp³-hybridized carbons (Fsp3) is 0. The lowest BCUT2D eigenvalue weighted by molar-refractivity contribution is 0.102. The average Bonchev–Trinajstić information content (AvgIpc) is 3.34. The number of rotatable bonds is 4. The maximum atomic E-state index is 12.6. The summed E-state index contributed by atoms with van der Waals surface area (Å²) >= 11 is 6.00. The summed E-state index contributed by atoms with van der Waals surface area (Å²) in [6, 6.07) is 10.7. The van der Waals surface area contributed by atoms with Crippen LogP contribution in [0.5, 0.6) is 0 Å². The molecule has 0 bridgehead atoms. The van der Waals surface area contributed by atoms with Crippen LogP contribution in [0.1, 0.15) is 10.4 Å². The molecule has 0 saturated heterocycles. The highest BCUT2D eigenvalue weighted by molar-refractivity contribution is 6.30. The highest BCUT2D eigenvalue weighted by Crippen LogP contribution is 2.18. The van der Waals surface area contributed by atoms with E-state index >= 15 is 0 Å². The summed E-state index contributed by atoms with van der Waals surface area (Å²) in [4.78, 5) is 20.7. The lowest BCUT2D eigenvalue weighted by Gasteiger charge is -2.08. The molecule has 0 unspecified atom stereocenters. The minimum atomic E-state index is -0.312. The number of pyridine rings is 1. The monoisotopic (exact) mass is 365 g/mol. The van der Waals surface area contributed by atoms with Crippen molar-refractivity contribution in [1.82, 2.24) is 29.5 Å². The molecule has 3 aromatic heterocycles. The SMILES string of the molecule is O=C(Nc1cccnc1-n1cncn1)c1cnn(-c2cccc(Cl)c2)c1. The molecule has 0 aliphatic rings. The largest absolute Gasteiger partial charge is 0.319 e. The summed E-state index contributed by atoms with van der Waals surface area (Å²) < 4.78 is 3.06. The van der Waals surface area contributed by atoms with E-state index in [1.165, 1.54) is 23.5 Å². The topological polar surface area (TPSA) is 90.5 Å². The van der Waals surface area contributed by atoms with Crippen LogP contribution in [0.15, 0.2) is 67.6 Å². The van der Waals surface area contributed by atoms with Gasteiger partial charge in [-0.3, -0.25) is 4.79 Å². The van der Waals surface area contributed by atoms with E-state index in [1.807, 2.05) is 12.1 Å². The summed E-state index contributed by atoms with van der Waals surface area (Å²) in [5.74, 6) is 0.160. The Morgan fingerprint density at radius 2 is 2.04 bits per heavy atom. The molecule has 8 nitrogen and oxygen atoms in total. The number of hydrogen-bond donors (Lipinski definition) is 1. The molecule has 128 valence electrons. The number of carbonyl (C=O) groups excluding carboxylic acids is 1. The Morgan fingerprint density at radius 3 is 2.85 bits per heavy atom. The molecular formula is C17H12ClN7O. The van der Waals surface area contributed by atoms with Crippen molar-refractivity contribution < 1.29 is 4.79 Å². The van der Waals surface area contributed by atoms with E-state index in [9.17, 15) is 4.79 Å². The molecule has 3 heterocycles. The summed E-state index contributed by atoms with van der Waals surface area (Å²) in [5, 5.41) is 11.7. The fourth-order valence-corrected chi connectivity index (χ4v) is 2.57. The van der Waals surface area contributed by atoms with Crippen molar-refractivity contribution in [2.24, 2.45) is 0 Å². The zero-order chi connectivity index (χ0) is 17.9. The van der Waals surface area contributed by atoms with Crippen molar-refractivity contribution >= 4 is 23.2 Å². The van der Waals surface area contributed by atoms with Crippen LogP contribution in [0.3, 0.4) is 0 Å². The Labute approximate surface area is 153 Å². The highest BCUT2D eigenvalue weighted by atomic mass is 35.5. The molecule has 0 atom stereocenters. The van der Waals surface area contributed by atoms with Crippen LogP contribution in [-0.2, 0) is 0 Å². The van der Waals surface area contributed by atoms with E-state index in [-0.39, 0.29) is 5.91 Å². The van der Waals surface area contributed by atoms with Crippen molar-refractivity contribution in [2.45, 2.75) is 0 Å². The van der Waals surface area contributed by atoms with Crippen molar-refractivity contribution in [3.8, 4) is 11.5 Å². The van der Waals surface area contributed by atoms with Crippen molar-refractivity contribution in [3.63, 3.8) is 0 Å². The highest BCUT2D eigenvalue weighted by Gasteiger charge is 2.14. The van der Waals surface area contributed by atoms with Gasteiger partial charge in [0.05, 0.1) is 23.1 Å². The zero-order valence-electron chi connectivity index (χ0n) is 13.3. The minimum Gasteiger partial charge on any atom is -0.319 e. The molecule has 1 amide bonds. The maximum Gasteiger partial charge on any atom is 0.258 e. The number of amides is 1. The zero-order valence-corrected chi connectivity index (χ0v) is 14.1. The Balaban J connectivity index is 1.59. The number of hydrogen-bond acceptors (Lipinski definition) is 5. The molecular weight excluding hydrogens is 354 g/mol. The van der Waals surface area contributed by atoms with Gasteiger partial charge in [0.1, 0.15) is 12.7 Å². The van der Waals surface area contributed by atoms with Gasteiger partial charge in [0.2, 0.25) is 0 Å². The second-order valence-electron chi connectivity index (χ2n) is 5.32. The average molecular weight is 366 g/mol. The van der Waals surface area contributed by atoms with Crippen LogP contribution in [0.25, 0.3) is 11.5 Å². The Hall–Kier alpha value is -3.52. The van der Waals surface area contributed by atoms with E-state index in [4.69, 9.17) is 11.6 Å². The normalized spacial score (nSPS) is 10.7. The summed E-state index contributed by atoms with van der Waals surface area (Å²) in [5.41, 5.74) is 1.68. The first kappa shape index (κ1) is 16.0. The van der Waals surface area contributed by atoms with Crippen LogP contribution in [0.2, 0.25) is 5.02 Å². The first-order valence-corrected chi connectivity index (χ1v) is 8.00. The third-order valence-electron chi connectivity index (χ3n) is 3.59. The van der Waals surface area contributed by atoms with Gasteiger partial charge in [-0.2, -0.15) is 10.2 Å². The van der Waals surface area contributed by atoms with Crippen molar-refractivity contribution in [1.29, 1.82) is 0 Å². The quantitative estimate of drug-likeness (QED) is 0.600. The number of nitrogens with zero attached hydrogens (tertiary/aromatic N) is 6. The molecule has 0 spiro atoms. The predicted octanol–water partition coefficient (Wildman–Crippen LogP) is 2.75. The molecule has 0 aliphatic carbocycles. The lowest BCUT2D eigenvalue weighted by Crippen LogP contribution is -2.14. The third kappa shape index (κ3) is 3.17. The fourth-order valence-electron chi connectivity index (χ4n) is 2.39. The van der Waals surface area contributed by atoms with Gasteiger partial charge in [-0.25, -0.2) is 19.3 Å². The molecule has 0 radical (unpaired) electrons. The second kappa shape index (κ2) is 6.77. The van der Waals surface area contributed by atoms with Gasteiger partial charge in [-0.15, -0.1) is 0 Å². The third-order valence-corrected chi connectivity index (χ3v) is 3.82. The standard InChI is InChI=1S/C17H12ClN7O/c18-13-3-1-4-14(7-13)24-9-12(8-21-24)17(26)23-15-5-2-6-20-16(15)25-11-19-10-22-25/h1-11H,(H,23,26). The molecule has 4 aromatic rings. The first-order chi connectivity index (χ1) is 12.7. The van der Waals surface area contributed by atoms with Gasteiger partial charge in [-0.1, -0.05) is 17.7 Å². The van der Waals surface area contributed by atoms with Gasteiger partial charge < -0.3 is 5.32 Å². The molecule has 0 aliphatic heterocycles. The minimum absolute atomic E-state index is 0.312. The van der Waals surface area contributed by atoms with Crippen LogP contribution >= 0.6 is 11.6 Å².